The van der Waals surface area contributed by atoms with Crippen LogP contribution in [0.5, 0.6) is 0 Å². The number of fused-ring (bicyclic) bond motifs is 1. The van der Waals surface area contributed by atoms with Crippen LogP contribution in [0.3, 0.4) is 0 Å². The lowest BCUT2D eigenvalue weighted by molar-refractivity contribution is 0.314. The highest BCUT2D eigenvalue weighted by atomic mass is 16.4. The molecule has 1 aromatic rings. The Kier molecular flexibility index (Phi) is 3.05. The third-order valence-electron chi connectivity index (χ3n) is 3.17. The van der Waals surface area contributed by atoms with E-state index in [1.807, 2.05) is 0 Å². The van der Waals surface area contributed by atoms with Crippen LogP contribution in [0.1, 0.15) is 43.2 Å². The molecular formula is C13H17NO. The molecule has 0 heterocycles. The summed E-state index contributed by atoms with van der Waals surface area (Å²) in [6.45, 7) is 2.16. The standard InChI is InChI=1S/C13H17NO/c1-2-3-8-13(14-15)12-9-10-6-4-5-7-11(10)12/h4-7,12,15H,2-3,8-9H2,1H3. The number of oxime groups is 1. The van der Waals surface area contributed by atoms with Gasteiger partial charge in [-0.1, -0.05) is 42.8 Å². The quantitative estimate of drug-likeness (QED) is 0.454. The molecule has 2 nitrogen and oxygen atoms in total. The first-order chi connectivity index (χ1) is 7.36. The lowest BCUT2D eigenvalue weighted by atomic mass is 9.74. The molecule has 80 valence electrons. The molecule has 0 aromatic heterocycles. The number of unbranched alkanes of at least 4 members (excludes halogenated alkanes) is 1. The van der Waals surface area contributed by atoms with Crippen molar-refractivity contribution in [2.45, 2.75) is 38.5 Å². The van der Waals surface area contributed by atoms with Gasteiger partial charge in [-0.2, -0.15) is 0 Å². The second-order valence-corrected chi connectivity index (χ2v) is 4.15. The van der Waals surface area contributed by atoms with Gasteiger partial charge in [-0.3, -0.25) is 0 Å². The lowest BCUT2D eigenvalue weighted by Gasteiger charge is -2.30. The van der Waals surface area contributed by atoms with E-state index < -0.39 is 0 Å². The zero-order valence-electron chi connectivity index (χ0n) is 9.11. The highest BCUT2D eigenvalue weighted by Gasteiger charge is 2.29. The fourth-order valence-electron chi connectivity index (χ4n) is 2.21. The van der Waals surface area contributed by atoms with E-state index in [4.69, 9.17) is 5.21 Å². The second-order valence-electron chi connectivity index (χ2n) is 4.15. The van der Waals surface area contributed by atoms with Crippen LogP contribution in [-0.4, -0.2) is 10.9 Å². The smallest absolute Gasteiger partial charge is 0.0648 e. The molecule has 0 saturated heterocycles. The van der Waals surface area contributed by atoms with Gasteiger partial charge in [-0.05, 0) is 30.4 Å². The number of rotatable bonds is 4. The molecule has 1 atom stereocenters. The van der Waals surface area contributed by atoms with Gasteiger partial charge in [0, 0.05) is 5.92 Å². The molecule has 1 aromatic carbocycles. The van der Waals surface area contributed by atoms with E-state index in [9.17, 15) is 0 Å². The monoisotopic (exact) mass is 203 g/mol. The van der Waals surface area contributed by atoms with Crippen LogP contribution in [0.25, 0.3) is 0 Å². The van der Waals surface area contributed by atoms with Gasteiger partial charge in [0.2, 0.25) is 0 Å². The first kappa shape index (κ1) is 10.2. The Balaban J connectivity index is 2.08. The van der Waals surface area contributed by atoms with Crippen molar-refractivity contribution in [1.29, 1.82) is 0 Å². The highest BCUT2D eigenvalue weighted by molar-refractivity contribution is 5.93. The Hall–Kier alpha value is -1.31. The molecule has 0 bridgehead atoms. The number of hydrogen-bond acceptors (Lipinski definition) is 2. The number of hydrogen-bond donors (Lipinski definition) is 1. The summed E-state index contributed by atoms with van der Waals surface area (Å²) in [6.07, 6.45) is 4.22. The van der Waals surface area contributed by atoms with Gasteiger partial charge in [-0.15, -0.1) is 0 Å². The van der Waals surface area contributed by atoms with Crippen molar-refractivity contribution in [2.24, 2.45) is 5.16 Å². The highest BCUT2D eigenvalue weighted by Crippen LogP contribution is 2.36. The molecule has 1 aliphatic carbocycles. The van der Waals surface area contributed by atoms with Crippen LogP contribution < -0.4 is 0 Å². The summed E-state index contributed by atoms with van der Waals surface area (Å²) in [4.78, 5) is 0. The third kappa shape index (κ3) is 1.89. The molecule has 2 rings (SSSR count). The topological polar surface area (TPSA) is 32.6 Å². The first-order valence-electron chi connectivity index (χ1n) is 5.65. The molecule has 1 N–H and O–H groups in total. The summed E-state index contributed by atoms with van der Waals surface area (Å²) >= 11 is 0. The fourth-order valence-corrected chi connectivity index (χ4v) is 2.21. The fraction of sp³-hybridized carbons (Fsp3) is 0.462. The van der Waals surface area contributed by atoms with Crippen LogP contribution in [0.4, 0.5) is 0 Å². The largest absolute Gasteiger partial charge is 0.411 e. The lowest BCUT2D eigenvalue weighted by Crippen LogP contribution is -2.25. The van der Waals surface area contributed by atoms with Gasteiger partial charge < -0.3 is 5.21 Å². The van der Waals surface area contributed by atoms with Gasteiger partial charge in [0.1, 0.15) is 0 Å². The molecular weight excluding hydrogens is 186 g/mol. The van der Waals surface area contributed by atoms with Crippen molar-refractivity contribution in [1.82, 2.24) is 0 Å². The molecule has 1 unspecified atom stereocenters. The van der Waals surface area contributed by atoms with Crippen molar-refractivity contribution in [3.8, 4) is 0 Å². The minimum atomic E-state index is 0.373. The van der Waals surface area contributed by atoms with E-state index in [1.54, 1.807) is 0 Å². The Bertz CT molecular complexity index is 371. The molecule has 0 saturated carbocycles. The average molecular weight is 203 g/mol. The summed E-state index contributed by atoms with van der Waals surface area (Å²) < 4.78 is 0. The van der Waals surface area contributed by atoms with Gasteiger partial charge in [0.05, 0.1) is 5.71 Å². The predicted octanol–water partition coefficient (Wildman–Crippen LogP) is 3.35. The average Bonchev–Trinajstić information content (AvgIpc) is 2.24. The van der Waals surface area contributed by atoms with E-state index in [1.165, 1.54) is 11.1 Å². The zero-order chi connectivity index (χ0) is 10.7. The van der Waals surface area contributed by atoms with E-state index in [-0.39, 0.29) is 0 Å². The van der Waals surface area contributed by atoms with E-state index >= 15 is 0 Å². The summed E-state index contributed by atoms with van der Waals surface area (Å²) in [6, 6.07) is 8.41. The SMILES string of the molecule is CCCCC(=NO)C1Cc2ccccc21. The molecule has 0 aliphatic heterocycles. The van der Waals surface area contributed by atoms with Crippen LogP contribution in [0.15, 0.2) is 29.4 Å². The maximum Gasteiger partial charge on any atom is 0.0648 e. The Labute approximate surface area is 90.6 Å². The second kappa shape index (κ2) is 4.47. The predicted molar refractivity (Wildman–Crippen MR) is 61.6 cm³/mol. The minimum Gasteiger partial charge on any atom is -0.411 e. The Morgan fingerprint density at radius 1 is 1.47 bits per heavy atom. The number of benzene rings is 1. The van der Waals surface area contributed by atoms with Gasteiger partial charge in [-0.25, -0.2) is 0 Å². The van der Waals surface area contributed by atoms with Gasteiger partial charge >= 0.3 is 0 Å². The molecule has 0 fully saturated rings. The molecule has 15 heavy (non-hydrogen) atoms. The van der Waals surface area contributed by atoms with E-state index in [0.29, 0.717) is 5.92 Å². The molecule has 0 amide bonds. The normalized spacial score (nSPS) is 19.5. The number of nitrogens with zero attached hydrogens (tertiary/aromatic N) is 1. The summed E-state index contributed by atoms with van der Waals surface area (Å²) in [5.74, 6) is 0.373. The minimum absolute atomic E-state index is 0.373. The van der Waals surface area contributed by atoms with Gasteiger partial charge in [0.15, 0.2) is 0 Å². The van der Waals surface area contributed by atoms with Crippen molar-refractivity contribution in [3.63, 3.8) is 0 Å². The summed E-state index contributed by atoms with van der Waals surface area (Å²) in [5.41, 5.74) is 3.71. The summed E-state index contributed by atoms with van der Waals surface area (Å²) in [5, 5.41) is 12.5. The van der Waals surface area contributed by atoms with Crippen LogP contribution >= 0.6 is 0 Å². The van der Waals surface area contributed by atoms with Crippen molar-refractivity contribution < 1.29 is 5.21 Å². The molecule has 0 radical (unpaired) electrons. The maximum atomic E-state index is 9.00. The molecule has 2 heteroatoms. The zero-order valence-corrected chi connectivity index (χ0v) is 9.11. The van der Waals surface area contributed by atoms with Crippen molar-refractivity contribution in [2.75, 3.05) is 0 Å². The van der Waals surface area contributed by atoms with Crippen molar-refractivity contribution >= 4 is 5.71 Å². The Morgan fingerprint density at radius 2 is 2.27 bits per heavy atom. The molecule has 0 spiro atoms. The van der Waals surface area contributed by atoms with Crippen LogP contribution in [0, 0.1) is 0 Å². The van der Waals surface area contributed by atoms with Gasteiger partial charge in [0.25, 0.3) is 0 Å². The van der Waals surface area contributed by atoms with E-state index in [0.717, 1.165) is 31.4 Å². The maximum absolute atomic E-state index is 9.00. The summed E-state index contributed by atoms with van der Waals surface area (Å²) in [7, 11) is 0. The first-order valence-corrected chi connectivity index (χ1v) is 5.65. The van der Waals surface area contributed by atoms with Crippen LogP contribution in [-0.2, 0) is 6.42 Å². The van der Waals surface area contributed by atoms with Crippen LogP contribution in [0.2, 0.25) is 0 Å². The third-order valence-corrected chi connectivity index (χ3v) is 3.17. The molecule has 1 aliphatic rings. The van der Waals surface area contributed by atoms with Crippen molar-refractivity contribution in [3.05, 3.63) is 35.4 Å². The Morgan fingerprint density at radius 3 is 2.93 bits per heavy atom. The van der Waals surface area contributed by atoms with E-state index in [2.05, 4.69) is 36.3 Å².